The Morgan fingerprint density at radius 2 is 2.26 bits per heavy atom. The predicted molar refractivity (Wildman–Crippen MR) is 104 cm³/mol. The first-order valence-electron chi connectivity index (χ1n) is 9.71. The molecule has 2 heterocycles. The van der Waals surface area contributed by atoms with Crippen LogP contribution in [0.2, 0.25) is 0 Å². The molecule has 7 nitrogen and oxygen atoms in total. The molecule has 2 N–H and O–H groups in total. The van der Waals surface area contributed by atoms with Gasteiger partial charge in [-0.25, -0.2) is 4.99 Å². The molecule has 2 fully saturated rings. The SMILES string of the molecule is CCNC(=NCc1ccc(OCCO)c(OC)c1)N1CCC2(CCOC2)C1. The van der Waals surface area contributed by atoms with Gasteiger partial charge in [0.05, 0.1) is 26.9 Å². The van der Waals surface area contributed by atoms with E-state index in [1.807, 2.05) is 18.2 Å². The van der Waals surface area contributed by atoms with Crippen molar-refractivity contribution in [1.82, 2.24) is 10.2 Å². The maximum atomic E-state index is 8.92. The summed E-state index contributed by atoms with van der Waals surface area (Å²) in [5.41, 5.74) is 1.36. The van der Waals surface area contributed by atoms with Crippen molar-refractivity contribution in [2.75, 3.05) is 53.2 Å². The zero-order valence-corrected chi connectivity index (χ0v) is 16.4. The summed E-state index contributed by atoms with van der Waals surface area (Å²) in [6.45, 7) is 7.51. The van der Waals surface area contributed by atoms with E-state index in [0.29, 0.717) is 23.5 Å². The predicted octanol–water partition coefficient (Wildman–Crippen LogP) is 1.64. The van der Waals surface area contributed by atoms with Crippen molar-refractivity contribution in [1.29, 1.82) is 0 Å². The molecule has 7 heteroatoms. The molecule has 0 bridgehead atoms. The maximum Gasteiger partial charge on any atom is 0.194 e. The molecular formula is C20H31N3O4. The highest BCUT2D eigenvalue weighted by molar-refractivity contribution is 5.80. The molecule has 27 heavy (non-hydrogen) atoms. The molecule has 0 aliphatic carbocycles. The first kappa shape index (κ1) is 19.8. The van der Waals surface area contributed by atoms with Crippen LogP contribution in [0.5, 0.6) is 11.5 Å². The largest absolute Gasteiger partial charge is 0.493 e. The Morgan fingerprint density at radius 3 is 2.96 bits per heavy atom. The van der Waals surface area contributed by atoms with Gasteiger partial charge in [0.25, 0.3) is 0 Å². The zero-order valence-electron chi connectivity index (χ0n) is 16.4. The number of aliphatic hydroxyl groups is 1. The Kier molecular flexibility index (Phi) is 6.79. The summed E-state index contributed by atoms with van der Waals surface area (Å²) < 4.78 is 16.5. The minimum absolute atomic E-state index is 0.0242. The van der Waals surface area contributed by atoms with E-state index in [4.69, 9.17) is 24.3 Å². The lowest BCUT2D eigenvalue weighted by molar-refractivity contribution is 0.156. The van der Waals surface area contributed by atoms with E-state index >= 15 is 0 Å². The van der Waals surface area contributed by atoms with Gasteiger partial charge < -0.3 is 29.5 Å². The molecule has 0 saturated carbocycles. The first-order valence-corrected chi connectivity index (χ1v) is 9.71. The monoisotopic (exact) mass is 377 g/mol. The fraction of sp³-hybridized carbons (Fsp3) is 0.650. The lowest BCUT2D eigenvalue weighted by Crippen LogP contribution is -2.41. The van der Waals surface area contributed by atoms with Crippen molar-refractivity contribution < 1.29 is 19.3 Å². The Bertz CT molecular complexity index is 644. The number of methoxy groups -OCH3 is 1. The fourth-order valence-electron chi connectivity index (χ4n) is 3.76. The maximum absolute atomic E-state index is 8.92. The second-order valence-electron chi connectivity index (χ2n) is 7.20. The Morgan fingerprint density at radius 1 is 1.37 bits per heavy atom. The van der Waals surface area contributed by atoms with Gasteiger partial charge in [-0.1, -0.05) is 6.07 Å². The highest BCUT2D eigenvalue weighted by atomic mass is 16.5. The molecular weight excluding hydrogens is 346 g/mol. The van der Waals surface area contributed by atoms with Crippen LogP contribution in [0.4, 0.5) is 0 Å². The lowest BCUT2D eigenvalue weighted by Gasteiger charge is -2.25. The number of hydrogen-bond donors (Lipinski definition) is 2. The fourth-order valence-corrected chi connectivity index (χ4v) is 3.76. The van der Waals surface area contributed by atoms with Crippen molar-refractivity contribution in [3.63, 3.8) is 0 Å². The van der Waals surface area contributed by atoms with Gasteiger partial charge in [0.1, 0.15) is 6.61 Å². The molecule has 0 amide bonds. The molecule has 0 aromatic heterocycles. The lowest BCUT2D eigenvalue weighted by atomic mass is 9.87. The van der Waals surface area contributed by atoms with Crippen LogP contribution in [0.25, 0.3) is 0 Å². The van der Waals surface area contributed by atoms with E-state index in [2.05, 4.69) is 17.1 Å². The summed E-state index contributed by atoms with van der Waals surface area (Å²) in [6.07, 6.45) is 2.32. The van der Waals surface area contributed by atoms with E-state index < -0.39 is 0 Å². The molecule has 2 aliphatic heterocycles. The summed E-state index contributed by atoms with van der Waals surface area (Å²) in [6, 6.07) is 5.79. The van der Waals surface area contributed by atoms with Gasteiger partial charge in [-0.15, -0.1) is 0 Å². The highest BCUT2D eigenvalue weighted by Crippen LogP contribution is 2.38. The van der Waals surface area contributed by atoms with E-state index in [1.165, 1.54) is 6.42 Å². The van der Waals surface area contributed by atoms with Gasteiger partial charge in [0.15, 0.2) is 17.5 Å². The number of hydrogen-bond acceptors (Lipinski definition) is 5. The van der Waals surface area contributed by atoms with Crippen LogP contribution in [0.1, 0.15) is 25.3 Å². The van der Waals surface area contributed by atoms with Crippen LogP contribution < -0.4 is 14.8 Å². The number of guanidine groups is 1. The van der Waals surface area contributed by atoms with E-state index in [-0.39, 0.29) is 13.2 Å². The topological polar surface area (TPSA) is 75.6 Å². The third-order valence-corrected chi connectivity index (χ3v) is 5.25. The molecule has 1 aromatic carbocycles. The van der Waals surface area contributed by atoms with Gasteiger partial charge in [0, 0.05) is 31.7 Å². The van der Waals surface area contributed by atoms with E-state index in [9.17, 15) is 0 Å². The molecule has 1 unspecified atom stereocenters. The quantitative estimate of drug-likeness (QED) is 0.556. The number of benzene rings is 1. The van der Waals surface area contributed by atoms with Gasteiger partial charge in [-0.3, -0.25) is 0 Å². The number of nitrogens with zero attached hydrogens (tertiary/aromatic N) is 2. The van der Waals surface area contributed by atoms with Crippen LogP contribution in [0.15, 0.2) is 23.2 Å². The Labute approximate surface area is 161 Å². The molecule has 2 aliphatic rings. The van der Waals surface area contributed by atoms with Crippen LogP contribution >= 0.6 is 0 Å². The number of rotatable bonds is 7. The number of likely N-dealkylation sites (tertiary alicyclic amines) is 1. The Hall–Kier alpha value is -1.99. The summed E-state index contributed by atoms with van der Waals surface area (Å²) >= 11 is 0. The molecule has 2 saturated heterocycles. The van der Waals surface area contributed by atoms with E-state index in [1.54, 1.807) is 7.11 Å². The number of aliphatic hydroxyl groups excluding tert-OH is 1. The molecule has 1 atom stereocenters. The van der Waals surface area contributed by atoms with Crippen molar-refractivity contribution in [3.05, 3.63) is 23.8 Å². The smallest absolute Gasteiger partial charge is 0.194 e. The molecule has 150 valence electrons. The first-order chi connectivity index (χ1) is 13.2. The zero-order chi connectivity index (χ0) is 19.1. The number of nitrogens with one attached hydrogen (secondary N) is 1. The molecule has 0 radical (unpaired) electrons. The summed E-state index contributed by atoms with van der Waals surface area (Å²) in [7, 11) is 1.62. The third-order valence-electron chi connectivity index (χ3n) is 5.25. The van der Waals surface area contributed by atoms with Crippen molar-refractivity contribution >= 4 is 5.96 Å². The van der Waals surface area contributed by atoms with Crippen molar-refractivity contribution in [3.8, 4) is 11.5 Å². The molecule has 1 aromatic rings. The summed E-state index contributed by atoms with van der Waals surface area (Å²) in [5, 5.41) is 12.3. The highest BCUT2D eigenvalue weighted by Gasteiger charge is 2.42. The van der Waals surface area contributed by atoms with Crippen LogP contribution in [-0.4, -0.2) is 69.1 Å². The average molecular weight is 377 g/mol. The van der Waals surface area contributed by atoms with Crippen molar-refractivity contribution in [2.45, 2.75) is 26.3 Å². The number of aliphatic imine (C=N–C) groups is 1. The summed E-state index contributed by atoms with van der Waals surface area (Å²) in [4.78, 5) is 7.20. The molecule has 3 rings (SSSR count). The Balaban J connectivity index is 1.68. The summed E-state index contributed by atoms with van der Waals surface area (Å²) in [5.74, 6) is 2.25. The van der Waals surface area contributed by atoms with Crippen LogP contribution in [-0.2, 0) is 11.3 Å². The second kappa shape index (κ2) is 9.28. The third kappa shape index (κ3) is 4.84. The van der Waals surface area contributed by atoms with Crippen LogP contribution in [0.3, 0.4) is 0 Å². The standard InChI is InChI=1S/C20H31N3O4/c1-3-21-19(23-8-6-20(14-23)7-10-26-15-20)22-13-16-4-5-17(27-11-9-24)18(12-16)25-2/h4-5,12,24H,3,6-11,13-15H2,1-2H3,(H,21,22). The van der Waals surface area contributed by atoms with Crippen molar-refractivity contribution in [2.24, 2.45) is 10.4 Å². The minimum atomic E-state index is -0.0242. The average Bonchev–Trinajstić information content (AvgIpc) is 3.33. The van der Waals surface area contributed by atoms with Gasteiger partial charge in [0.2, 0.25) is 0 Å². The van der Waals surface area contributed by atoms with Crippen LogP contribution in [0, 0.1) is 5.41 Å². The molecule has 1 spiro atoms. The van der Waals surface area contributed by atoms with Gasteiger partial charge in [-0.2, -0.15) is 0 Å². The minimum Gasteiger partial charge on any atom is -0.493 e. The van der Waals surface area contributed by atoms with Gasteiger partial charge >= 0.3 is 0 Å². The van der Waals surface area contributed by atoms with E-state index in [0.717, 1.165) is 50.8 Å². The van der Waals surface area contributed by atoms with Gasteiger partial charge in [-0.05, 0) is 37.5 Å². The number of ether oxygens (including phenoxy) is 3. The second-order valence-corrected chi connectivity index (χ2v) is 7.20. The normalized spacial score (nSPS) is 22.5.